The molecule has 0 fully saturated rings. The first kappa shape index (κ1) is 14.2. The van der Waals surface area contributed by atoms with Gasteiger partial charge < -0.3 is 10.1 Å². The van der Waals surface area contributed by atoms with Gasteiger partial charge in [0, 0.05) is 18.7 Å². The summed E-state index contributed by atoms with van der Waals surface area (Å²) in [4.78, 5) is 0. The van der Waals surface area contributed by atoms with E-state index in [9.17, 15) is 0 Å². The van der Waals surface area contributed by atoms with Crippen LogP contribution >= 0.6 is 0 Å². The van der Waals surface area contributed by atoms with E-state index in [0.29, 0.717) is 12.1 Å². The Bertz CT molecular complexity index is 349. The average Bonchev–Trinajstić information content (AvgIpc) is 2.29. The van der Waals surface area contributed by atoms with Gasteiger partial charge in [-0.1, -0.05) is 23.8 Å². The fourth-order valence-electron chi connectivity index (χ4n) is 2.09. The predicted molar refractivity (Wildman–Crippen MR) is 73.4 cm³/mol. The Morgan fingerprint density at radius 3 is 2.59 bits per heavy atom. The first-order valence-corrected chi connectivity index (χ1v) is 6.45. The second kappa shape index (κ2) is 6.77. The van der Waals surface area contributed by atoms with Crippen LogP contribution < -0.4 is 5.32 Å². The molecule has 1 aromatic rings. The summed E-state index contributed by atoms with van der Waals surface area (Å²) >= 11 is 0. The Labute approximate surface area is 105 Å². The van der Waals surface area contributed by atoms with Gasteiger partial charge in [0.15, 0.2) is 0 Å². The minimum Gasteiger partial charge on any atom is -0.380 e. The predicted octanol–water partition coefficient (Wildman–Crippen LogP) is 3.38. The van der Waals surface area contributed by atoms with Crippen molar-refractivity contribution in [1.29, 1.82) is 0 Å². The highest BCUT2D eigenvalue weighted by molar-refractivity contribution is 5.32. The Hall–Kier alpha value is -0.860. The van der Waals surface area contributed by atoms with Gasteiger partial charge in [0.1, 0.15) is 0 Å². The number of benzene rings is 1. The van der Waals surface area contributed by atoms with Gasteiger partial charge in [-0.05, 0) is 45.7 Å². The third-order valence-electron chi connectivity index (χ3n) is 3.01. The van der Waals surface area contributed by atoms with Crippen LogP contribution in [0.3, 0.4) is 0 Å². The van der Waals surface area contributed by atoms with Crippen molar-refractivity contribution in [3.05, 3.63) is 34.9 Å². The van der Waals surface area contributed by atoms with E-state index in [1.165, 1.54) is 16.7 Å². The molecule has 2 unspecified atom stereocenters. The van der Waals surface area contributed by atoms with E-state index in [1.807, 2.05) is 6.92 Å². The summed E-state index contributed by atoms with van der Waals surface area (Å²) in [7, 11) is 0. The monoisotopic (exact) mass is 235 g/mol. The molecule has 0 aromatic heterocycles. The number of aryl methyl sites for hydroxylation is 2. The van der Waals surface area contributed by atoms with Crippen molar-refractivity contribution in [2.24, 2.45) is 0 Å². The lowest BCUT2D eigenvalue weighted by Gasteiger charge is -2.22. The van der Waals surface area contributed by atoms with Gasteiger partial charge in [-0.2, -0.15) is 0 Å². The Morgan fingerprint density at radius 1 is 1.24 bits per heavy atom. The third-order valence-corrected chi connectivity index (χ3v) is 3.01. The zero-order chi connectivity index (χ0) is 12.8. The molecule has 96 valence electrons. The summed E-state index contributed by atoms with van der Waals surface area (Å²) in [5.41, 5.74) is 4.05. The van der Waals surface area contributed by atoms with Crippen LogP contribution in [0.4, 0.5) is 0 Å². The highest BCUT2D eigenvalue weighted by Crippen LogP contribution is 2.19. The molecule has 0 saturated heterocycles. The van der Waals surface area contributed by atoms with E-state index < -0.39 is 0 Å². The fraction of sp³-hybridized carbons (Fsp3) is 0.600. The number of rotatable bonds is 6. The quantitative estimate of drug-likeness (QED) is 0.816. The molecule has 2 atom stereocenters. The molecular formula is C15H25NO. The second-order valence-electron chi connectivity index (χ2n) is 4.81. The van der Waals surface area contributed by atoms with Crippen LogP contribution in [0.2, 0.25) is 0 Å². The van der Waals surface area contributed by atoms with Crippen molar-refractivity contribution in [3.8, 4) is 0 Å². The molecular weight excluding hydrogens is 210 g/mol. The van der Waals surface area contributed by atoms with Crippen LogP contribution in [-0.4, -0.2) is 19.3 Å². The molecule has 0 aliphatic carbocycles. The van der Waals surface area contributed by atoms with Crippen molar-refractivity contribution >= 4 is 0 Å². The van der Waals surface area contributed by atoms with Gasteiger partial charge in [0.2, 0.25) is 0 Å². The zero-order valence-corrected chi connectivity index (χ0v) is 11.7. The molecule has 1 rings (SSSR count). The molecule has 0 aliphatic rings. The summed E-state index contributed by atoms with van der Waals surface area (Å²) in [6, 6.07) is 7.36. The summed E-state index contributed by atoms with van der Waals surface area (Å²) in [5, 5.41) is 3.57. The fourth-order valence-corrected chi connectivity index (χ4v) is 2.09. The molecule has 2 heteroatoms. The summed E-state index contributed by atoms with van der Waals surface area (Å²) in [5.74, 6) is 0. The van der Waals surface area contributed by atoms with Gasteiger partial charge in [-0.3, -0.25) is 0 Å². The molecule has 0 saturated carbocycles. The van der Waals surface area contributed by atoms with E-state index in [1.54, 1.807) is 0 Å². The van der Waals surface area contributed by atoms with E-state index in [-0.39, 0.29) is 0 Å². The average molecular weight is 235 g/mol. The van der Waals surface area contributed by atoms with Crippen LogP contribution in [-0.2, 0) is 4.74 Å². The van der Waals surface area contributed by atoms with Crippen LogP contribution in [0.15, 0.2) is 18.2 Å². The van der Waals surface area contributed by atoms with Crippen molar-refractivity contribution in [2.45, 2.75) is 46.7 Å². The summed E-state index contributed by atoms with van der Waals surface area (Å²) in [6.07, 6.45) is 0. The SMILES string of the molecule is CCOCC(C)NC(C)c1cc(C)ccc1C. The van der Waals surface area contributed by atoms with Gasteiger partial charge in [0.25, 0.3) is 0 Å². The highest BCUT2D eigenvalue weighted by atomic mass is 16.5. The van der Waals surface area contributed by atoms with Crippen molar-refractivity contribution in [1.82, 2.24) is 5.32 Å². The maximum Gasteiger partial charge on any atom is 0.0616 e. The zero-order valence-electron chi connectivity index (χ0n) is 11.7. The van der Waals surface area contributed by atoms with E-state index >= 15 is 0 Å². The third kappa shape index (κ3) is 4.49. The number of nitrogens with one attached hydrogen (secondary N) is 1. The minimum absolute atomic E-state index is 0.366. The van der Waals surface area contributed by atoms with E-state index in [4.69, 9.17) is 4.74 Å². The number of hydrogen-bond donors (Lipinski definition) is 1. The molecule has 0 amide bonds. The van der Waals surface area contributed by atoms with Crippen LogP contribution in [0.5, 0.6) is 0 Å². The maximum absolute atomic E-state index is 5.42. The first-order valence-electron chi connectivity index (χ1n) is 6.45. The van der Waals surface area contributed by atoms with Gasteiger partial charge in [0.05, 0.1) is 6.61 Å². The molecule has 1 aromatic carbocycles. The van der Waals surface area contributed by atoms with Crippen LogP contribution in [0, 0.1) is 13.8 Å². The molecule has 17 heavy (non-hydrogen) atoms. The number of ether oxygens (including phenoxy) is 1. The van der Waals surface area contributed by atoms with Crippen LogP contribution in [0.1, 0.15) is 43.5 Å². The highest BCUT2D eigenvalue weighted by Gasteiger charge is 2.11. The van der Waals surface area contributed by atoms with Gasteiger partial charge >= 0.3 is 0 Å². The Kier molecular flexibility index (Phi) is 5.66. The lowest BCUT2D eigenvalue weighted by molar-refractivity contribution is 0.124. The van der Waals surface area contributed by atoms with Gasteiger partial charge in [-0.15, -0.1) is 0 Å². The minimum atomic E-state index is 0.366. The smallest absolute Gasteiger partial charge is 0.0616 e. The topological polar surface area (TPSA) is 21.3 Å². The number of hydrogen-bond acceptors (Lipinski definition) is 2. The summed E-state index contributed by atoms with van der Waals surface area (Å²) < 4.78 is 5.42. The normalized spacial score (nSPS) is 14.6. The molecule has 0 heterocycles. The maximum atomic E-state index is 5.42. The van der Waals surface area contributed by atoms with Crippen molar-refractivity contribution in [2.75, 3.05) is 13.2 Å². The van der Waals surface area contributed by atoms with Crippen LogP contribution in [0.25, 0.3) is 0 Å². The van der Waals surface area contributed by atoms with E-state index in [2.05, 4.69) is 51.2 Å². The molecule has 0 spiro atoms. The molecule has 0 bridgehead atoms. The standard InChI is InChI=1S/C15H25NO/c1-6-17-10-13(4)16-14(5)15-9-11(2)7-8-12(15)3/h7-9,13-14,16H,6,10H2,1-5H3. The molecule has 0 radical (unpaired) electrons. The Morgan fingerprint density at radius 2 is 1.94 bits per heavy atom. The molecule has 2 nitrogen and oxygen atoms in total. The Balaban J connectivity index is 2.62. The van der Waals surface area contributed by atoms with Crippen molar-refractivity contribution < 1.29 is 4.74 Å². The summed E-state index contributed by atoms with van der Waals surface area (Å²) in [6.45, 7) is 12.3. The van der Waals surface area contributed by atoms with Gasteiger partial charge in [-0.25, -0.2) is 0 Å². The molecule has 0 aliphatic heterocycles. The first-order chi connectivity index (χ1) is 8.04. The molecule has 1 N–H and O–H groups in total. The lowest BCUT2D eigenvalue weighted by atomic mass is 9.99. The second-order valence-corrected chi connectivity index (χ2v) is 4.81. The largest absolute Gasteiger partial charge is 0.380 e. The lowest BCUT2D eigenvalue weighted by Crippen LogP contribution is -2.33. The van der Waals surface area contributed by atoms with Crippen molar-refractivity contribution in [3.63, 3.8) is 0 Å². The van der Waals surface area contributed by atoms with E-state index in [0.717, 1.165) is 13.2 Å².